The summed E-state index contributed by atoms with van der Waals surface area (Å²) < 4.78 is 0. The number of aryl methyl sites for hydroxylation is 4. The highest BCUT2D eigenvalue weighted by atomic mass is 32.2. The van der Waals surface area contributed by atoms with Crippen LogP contribution in [0.2, 0.25) is 0 Å². The number of unbranched alkanes of at least 4 members (excludes halogenated alkanes) is 8. The molecule has 17 unspecified atom stereocenters. The van der Waals surface area contributed by atoms with Gasteiger partial charge >= 0.3 is 0 Å². The molecule has 0 aromatic heterocycles. The highest BCUT2D eigenvalue weighted by Crippen LogP contribution is 2.65. The Bertz CT molecular complexity index is 5530. The number of imide groups is 4. The van der Waals surface area contributed by atoms with Gasteiger partial charge in [0.15, 0.2) is 17.3 Å². The van der Waals surface area contributed by atoms with E-state index in [2.05, 4.69) is 64.6 Å². The molecule has 147 heavy (non-hydrogen) atoms. The number of nitrogens with zero attached hydrogens (tertiary/aromatic N) is 7. The molecule has 792 valence electrons. The standard InChI is InChI=1S/C31H42N2O4S.2C29H36N2O4.C18H22O2.C11H16N2O3.C2H6S/c1-3-38-27-18-29(36)33(30(27)37)16-6-4-5-7-22(35)19-32-28-13-12-26-25-10-8-20-17-21(34)9-11-23(20)24(25)14-15-31(26,28)2;2*1-29-15-14-23-22-9-7-20(32)17-19(22)6-8-24(23)25(29)10-11-26(29)30-18-21(33)5-3-2-4-16-31-27(34)12-13-28(31)35;1-18-9-8-14-13-5-3-12(19)10-11(13)2-4-15(14)16(18)6-7-17(18)20;12-8-9(14)4-2-1-3-7-13-10(15)5-6-11(13)16;1-2-3/h9,11,17,24-27,34H,3-8,10,12-16,18-19H2,1-2H3;2*7,9,12-13,17,23-25,32H,2-6,8,10-11,14-16,18H2,1H3;3,5,10,14-16,19H,2,4,6-9H2,1H3;5-6H,1-4,7-8,12H2;3H,2H2,1H3. The van der Waals surface area contributed by atoms with E-state index < -0.39 is 0 Å². The van der Waals surface area contributed by atoms with Crippen LogP contribution in [0.3, 0.4) is 0 Å². The summed E-state index contributed by atoms with van der Waals surface area (Å²) >= 11 is 5.34. The Labute approximate surface area is 878 Å². The number of fused-ring (bicyclic) bond motifs is 20. The quantitative estimate of drug-likeness (QED) is 0.0147. The number of hydrogen-bond donors (Lipinski definition) is 6. The molecule has 0 radical (unpaired) electrons. The van der Waals surface area contributed by atoms with Crippen molar-refractivity contribution in [2.24, 2.45) is 89.7 Å². The largest absolute Gasteiger partial charge is 0.508 e. The fraction of sp³-hybridized carbons (Fsp3) is 0.617. The molecule has 0 bridgehead atoms. The van der Waals surface area contributed by atoms with Gasteiger partial charge in [0.25, 0.3) is 35.4 Å². The number of carbonyl (C=O) groups excluding carboxylic acids is 13. The van der Waals surface area contributed by atoms with Crippen LogP contribution in [0.1, 0.15) is 347 Å². The number of hydrogen-bond acceptors (Lipinski definition) is 23. The smallest absolute Gasteiger partial charge is 0.253 e. The number of phenolic OH excluding ortho intramolecular Hbond substituents is 4. The Morgan fingerprint density at radius 1 is 0.361 bits per heavy atom. The molecule has 6 N–H and O–H groups in total. The second-order valence-corrected chi connectivity index (χ2v) is 47.4. The highest BCUT2D eigenvalue weighted by molar-refractivity contribution is 8.00. The van der Waals surface area contributed by atoms with Gasteiger partial charge in [-0.1, -0.05) is 91.5 Å². The van der Waals surface area contributed by atoms with Crippen molar-refractivity contribution in [1.29, 1.82) is 0 Å². The SMILES string of the molecule is CC12CCC3c4ccc(O)cc4CCC3C1CCC2=NCC(=O)CCCCCN1C(=O)C=CC1=O.CC12CCC3c4ccc(O)cc4CCC3C1CCC2=NCC(=O)CCCCCN1C(=O)C=CC1=O.CC12CCC3c4ccc(O)cc4CCC3C1CCC2=O.CCS.CCSC1CC(=O)N(CCCCCC(=O)CN=C2CCC3C4CCc5cc(O)ccc5C4CCC23C)C1=O.NCC(=O)CCCCCN1C(=O)C=CC1=O. The first-order valence-corrected chi connectivity index (χ1v) is 57.2. The maximum Gasteiger partial charge on any atom is 0.253 e. The first kappa shape index (κ1) is 111. The number of amides is 8. The summed E-state index contributed by atoms with van der Waals surface area (Å²) in [5.74, 6) is 10.4. The number of phenols is 4. The van der Waals surface area contributed by atoms with Gasteiger partial charge < -0.3 is 26.2 Å². The van der Waals surface area contributed by atoms with Crippen molar-refractivity contribution in [3.63, 3.8) is 0 Å². The molecule has 4 aromatic rings. The molecule has 8 amide bonds. The Morgan fingerprint density at radius 2 is 0.633 bits per heavy atom. The predicted octanol–water partition coefficient (Wildman–Crippen LogP) is 19.9. The summed E-state index contributed by atoms with van der Waals surface area (Å²) in [6, 6.07) is 23.7. The summed E-state index contributed by atoms with van der Waals surface area (Å²) in [6.45, 7) is 16.1. The second kappa shape index (κ2) is 50.2. The fourth-order valence-corrected chi connectivity index (χ4v) is 30.3. The maximum absolute atomic E-state index is 12.6. The molecule has 25 nitrogen and oxygen atoms in total. The van der Waals surface area contributed by atoms with Crippen LogP contribution in [0.15, 0.2) is 124 Å². The lowest BCUT2D eigenvalue weighted by Gasteiger charge is -2.49. The number of Topliss-reactive ketones (excluding diaryl/α,β-unsaturated/α-hetero) is 5. The van der Waals surface area contributed by atoms with E-state index in [1.807, 2.05) is 62.4 Å². The van der Waals surface area contributed by atoms with E-state index in [1.165, 1.54) is 163 Å². The summed E-state index contributed by atoms with van der Waals surface area (Å²) in [6.07, 6.45) is 45.8. The fourth-order valence-electron chi connectivity index (χ4n) is 29.3. The van der Waals surface area contributed by atoms with Gasteiger partial charge in [-0.2, -0.15) is 12.6 Å². The van der Waals surface area contributed by atoms with Crippen LogP contribution < -0.4 is 5.73 Å². The topological polar surface area (TPSA) is 379 Å². The number of nitrogens with two attached hydrogens (primary N) is 1. The molecule has 20 rings (SSSR count). The van der Waals surface area contributed by atoms with Gasteiger partial charge in [-0.3, -0.25) is 96.9 Å². The maximum atomic E-state index is 12.6. The number of benzene rings is 4. The zero-order valence-corrected chi connectivity index (χ0v) is 89.3. The van der Waals surface area contributed by atoms with E-state index in [-0.39, 0.29) is 123 Å². The first-order chi connectivity index (χ1) is 70.7. The normalized spacial score (nSPS) is 29.7. The highest BCUT2D eigenvalue weighted by Gasteiger charge is 2.59. The number of likely N-dealkylation sites (tertiary alicyclic amines) is 1. The van der Waals surface area contributed by atoms with Crippen LogP contribution in [0, 0.1) is 69.0 Å². The van der Waals surface area contributed by atoms with Crippen molar-refractivity contribution < 1.29 is 82.8 Å². The number of thioether (sulfide) groups is 1. The zero-order chi connectivity index (χ0) is 105. The third kappa shape index (κ3) is 25.5. The van der Waals surface area contributed by atoms with Gasteiger partial charge in [0.05, 0.1) is 31.4 Å². The summed E-state index contributed by atoms with van der Waals surface area (Å²) in [7, 11) is 0. The third-order valence-corrected chi connectivity index (χ3v) is 38.1. The number of aliphatic imine (C=N–C) groups is 3. The van der Waals surface area contributed by atoms with E-state index in [0.29, 0.717) is 158 Å². The average Bonchev–Trinajstić information content (AvgIpc) is 1.62. The van der Waals surface area contributed by atoms with Crippen molar-refractivity contribution in [3.05, 3.63) is 154 Å². The number of carbonyl (C=O) groups is 13. The molecule has 16 aliphatic rings. The molecular formula is C120H158N8O17S2. The van der Waals surface area contributed by atoms with Crippen molar-refractivity contribution in [2.75, 3.05) is 63.9 Å². The number of rotatable bonds is 33. The average molecular weight is 2050 g/mol. The number of aromatic hydroxyl groups is 4. The van der Waals surface area contributed by atoms with Gasteiger partial charge in [-0.15, -0.1) is 11.8 Å². The van der Waals surface area contributed by atoms with Crippen molar-refractivity contribution in [1.82, 2.24) is 19.6 Å². The Hall–Kier alpha value is -10.1. The van der Waals surface area contributed by atoms with Crippen LogP contribution in [0.25, 0.3) is 0 Å². The molecule has 1 saturated heterocycles. The van der Waals surface area contributed by atoms with E-state index in [1.54, 1.807) is 11.8 Å². The van der Waals surface area contributed by atoms with Gasteiger partial charge in [0, 0.05) is 140 Å². The molecule has 12 aliphatic carbocycles. The minimum Gasteiger partial charge on any atom is -0.508 e. The van der Waals surface area contributed by atoms with E-state index >= 15 is 0 Å². The Morgan fingerprint density at radius 3 is 0.925 bits per heavy atom. The Balaban J connectivity index is 0.000000141. The van der Waals surface area contributed by atoms with Crippen LogP contribution in [-0.4, -0.2) is 202 Å². The molecule has 0 spiro atoms. The summed E-state index contributed by atoms with van der Waals surface area (Å²) in [5, 5.41) is 39.1. The van der Waals surface area contributed by atoms with E-state index in [4.69, 9.17) is 20.7 Å². The predicted molar refractivity (Wildman–Crippen MR) is 576 cm³/mol. The zero-order valence-electron chi connectivity index (χ0n) is 87.6. The summed E-state index contributed by atoms with van der Waals surface area (Å²) in [4.78, 5) is 174. The van der Waals surface area contributed by atoms with Crippen LogP contribution in [0.5, 0.6) is 23.0 Å². The van der Waals surface area contributed by atoms with Gasteiger partial charge in [0.2, 0.25) is 11.8 Å². The molecule has 4 aliphatic heterocycles. The van der Waals surface area contributed by atoms with Gasteiger partial charge in [0.1, 0.15) is 34.6 Å². The molecular weight excluding hydrogens is 1890 g/mol. The van der Waals surface area contributed by atoms with Crippen molar-refractivity contribution in [2.45, 2.75) is 334 Å². The van der Waals surface area contributed by atoms with Crippen LogP contribution in [-0.2, 0) is 88.0 Å². The van der Waals surface area contributed by atoms with Crippen LogP contribution >= 0.6 is 24.4 Å². The molecule has 8 saturated carbocycles. The lowest BCUT2D eigenvalue weighted by Crippen LogP contribution is -2.42. The Kier molecular flexibility index (Phi) is 37.9. The minimum atomic E-state index is -0.247. The molecule has 4 aromatic carbocycles. The third-order valence-electron chi connectivity index (χ3n) is 37.0. The number of ketones is 5. The molecule has 9 fully saturated rings. The lowest BCUT2D eigenvalue weighted by molar-refractivity contribution is -0.139. The van der Waals surface area contributed by atoms with Crippen molar-refractivity contribution in [3.8, 4) is 23.0 Å². The van der Waals surface area contributed by atoms with E-state index in [0.717, 1.165) is 198 Å². The van der Waals surface area contributed by atoms with Crippen LogP contribution in [0.4, 0.5) is 0 Å². The number of thiol groups is 1. The lowest BCUT2D eigenvalue weighted by atomic mass is 9.55. The molecule has 4 heterocycles. The van der Waals surface area contributed by atoms with Gasteiger partial charge in [-0.25, -0.2) is 0 Å². The van der Waals surface area contributed by atoms with E-state index in [9.17, 15) is 82.8 Å². The van der Waals surface area contributed by atoms with Crippen molar-refractivity contribution >= 4 is 118 Å². The molecule has 17 atom stereocenters. The second-order valence-electron chi connectivity index (χ2n) is 45.3. The molecule has 27 heteroatoms. The summed E-state index contributed by atoms with van der Waals surface area (Å²) in [5.41, 5.74) is 20.3. The first-order valence-electron chi connectivity index (χ1n) is 55.6. The van der Waals surface area contributed by atoms with Gasteiger partial charge in [-0.05, 0) is 375 Å². The monoisotopic (exact) mass is 2050 g/mol. The minimum absolute atomic E-state index is 0.0322.